The Labute approximate surface area is 164 Å². The predicted octanol–water partition coefficient (Wildman–Crippen LogP) is 2.92. The Balaban J connectivity index is 2.12. The van der Waals surface area contributed by atoms with Crippen molar-refractivity contribution < 1.29 is 32.6 Å². The third kappa shape index (κ3) is 6.63. The molecule has 0 aliphatic heterocycles. The third-order valence-corrected chi connectivity index (χ3v) is 3.80. The van der Waals surface area contributed by atoms with Crippen molar-refractivity contribution in [3.63, 3.8) is 0 Å². The van der Waals surface area contributed by atoms with Gasteiger partial charge in [-0.25, -0.2) is 14.8 Å². The zero-order chi connectivity index (χ0) is 21.6. The van der Waals surface area contributed by atoms with Gasteiger partial charge in [0, 0.05) is 32.4 Å². The van der Waals surface area contributed by atoms with Crippen molar-refractivity contribution in [1.82, 2.24) is 14.9 Å². The van der Waals surface area contributed by atoms with Crippen LogP contribution in [-0.4, -0.2) is 58.9 Å². The number of carboxylic acids is 1. The molecule has 156 valence electrons. The minimum absolute atomic E-state index is 0.0832. The Morgan fingerprint density at radius 3 is 2.45 bits per heavy atom. The smallest absolute Gasteiger partial charge is 0.414 e. The molecular formula is C18H19F3N4O4. The second-order valence-corrected chi connectivity index (χ2v) is 6.29. The molecule has 0 aliphatic rings. The van der Waals surface area contributed by atoms with E-state index in [-0.39, 0.29) is 23.7 Å². The highest BCUT2D eigenvalue weighted by Crippen LogP contribution is 2.26. The van der Waals surface area contributed by atoms with E-state index in [2.05, 4.69) is 15.3 Å². The Kier molecular flexibility index (Phi) is 6.97. The number of benzene rings is 1. The van der Waals surface area contributed by atoms with E-state index in [0.717, 1.165) is 12.5 Å². The first kappa shape index (κ1) is 21.9. The highest BCUT2D eigenvalue weighted by Gasteiger charge is 2.30. The standard InChI is InChI=1S/C18H19F3N4O4/c1-25(2)17(28)29-13-5-3-11(4-6-13)14(16(26)27)9-23-15-12(7-18(19,20)21)8-22-10-24-15/h3-6,8,10,14H,7,9H2,1-2H3,(H,26,27)(H,22,23,24). The molecule has 1 unspecified atom stereocenters. The average Bonchev–Trinajstić information content (AvgIpc) is 2.63. The van der Waals surface area contributed by atoms with Crippen LogP contribution in [0.25, 0.3) is 0 Å². The predicted molar refractivity (Wildman–Crippen MR) is 96.8 cm³/mol. The van der Waals surface area contributed by atoms with E-state index in [9.17, 15) is 27.9 Å². The molecule has 0 bridgehead atoms. The SMILES string of the molecule is CN(C)C(=O)Oc1ccc(C(CNc2ncncc2CC(F)(F)F)C(=O)O)cc1. The number of carbonyl (C=O) groups is 2. The van der Waals surface area contributed by atoms with Crippen LogP contribution < -0.4 is 10.1 Å². The maximum Gasteiger partial charge on any atom is 0.414 e. The van der Waals surface area contributed by atoms with Crippen molar-refractivity contribution in [3.8, 4) is 5.75 Å². The van der Waals surface area contributed by atoms with E-state index in [1.54, 1.807) is 0 Å². The molecule has 2 aromatic rings. The van der Waals surface area contributed by atoms with Gasteiger partial charge in [0.2, 0.25) is 0 Å². The number of hydrogen-bond acceptors (Lipinski definition) is 6. The fourth-order valence-electron chi connectivity index (χ4n) is 2.37. The number of aromatic nitrogens is 2. The number of aliphatic carboxylic acids is 1. The molecule has 2 rings (SSSR count). The van der Waals surface area contributed by atoms with Gasteiger partial charge >= 0.3 is 18.2 Å². The van der Waals surface area contributed by atoms with Crippen LogP contribution in [0.3, 0.4) is 0 Å². The van der Waals surface area contributed by atoms with Crippen LogP contribution in [0.1, 0.15) is 17.0 Å². The van der Waals surface area contributed by atoms with Crippen molar-refractivity contribution in [1.29, 1.82) is 0 Å². The summed E-state index contributed by atoms with van der Waals surface area (Å²) in [6.45, 7) is -0.200. The topological polar surface area (TPSA) is 105 Å². The zero-order valence-corrected chi connectivity index (χ0v) is 15.6. The molecular weight excluding hydrogens is 393 g/mol. The number of alkyl halides is 3. The minimum Gasteiger partial charge on any atom is -0.481 e. The number of hydrogen-bond donors (Lipinski definition) is 2. The lowest BCUT2D eigenvalue weighted by Crippen LogP contribution is -2.25. The van der Waals surface area contributed by atoms with E-state index >= 15 is 0 Å². The van der Waals surface area contributed by atoms with Crippen LogP contribution in [0.4, 0.5) is 23.8 Å². The average molecular weight is 412 g/mol. The molecule has 2 N–H and O–H groups in total. The summed E-state index contributed by atoms with van der Waals surface area (Å²) in [7, 11) is 3.03. The number of carboxylic acid groups (broad SMARTS) is 1. The quantitative estimate of drug-likeness (QED) is 0.720. The summed E-state index contributed by atoms with van der Waals surface area (Å²) in [5, 5.41) is 12.2. The van der Waals surface area contributed by atoms with E-state index in [1.165, 1.54) is 43.3 Å². The summed E-state index contributed by atoms with van der Waals surface area (Å²) in [6, 6.07) is 5.81. The van der Waals surface area contributed by atoms with Crippen LogP contribution in [0.5, 0.6) is 5.75 Å². The van der Waals surface area contributed by atoms with Gasteiger partial charge in [0.25, 0.3) is 0 Å². The van der Waals surface area contributed by atoms with Gasteiger partial charge in [0.1, 0.15) is 17.9 Å². The van der Waals surface area contributed by atoms with Gasteiger partial charge in [-0.15, -0.1) is 0 Å². The number of ether oxygens (including phenoxy) is 1. The maximum atomic E-state index is 12.7. The van der Waals surface area contributed by atoms with Gasteiger partial charge in [-0.05, 0) is 17.7 Å². The minimum atomic E-state index is -4.45. The maximum absolute atomic E-state index is 12.7. The summed E-state index contributed by atoms with van der Waals surface area (Å²) < 4.78 is 43.1. The molecule has 0 fully saturated rings. The number of nitrogens with one attached hydrogen (secondary N) is 1. The van der Waals surface area contributed by atoms with Gasteiger partial charge in [-0.2, -0.15) is 13.2 Å². The Morgan fingerprint density at radius 1 is 1.24 bits per heavy atom. The fraction of sp³-hybridized carbons (Fsp3) is 0.333. The van der Waals surface area contributed by atoms with Gasteiger partial charge in [-0.1, -0.05) is 12.1 Å². The number of anilines is 1. The van der Waals surface area contributed by atoms with Gasteiger partial charge in [-0.3, -0.25) is 4.79 Å². The van der Waals surface area contributed by atoms with E-state index < -0.39 is 30.6 Å². The molecule has 1 heterocycles. The summed E-state index contributed by atoms with van der Waals surface area (Å²) in [6.07, 6.45) is -4.17. The van der Waals surface area contributed by atoms with Crippen LogP contribution in [0, 0.1) is 0 Å². The number of nitrogens with zero attached hydrogens (tertiary/aromatic N) is 3. The zero-order valence-electron chi connectivity index (χ0n) is 15.6. The molecule has 0 spiro atoms. The number of rotatable bonds is 7. The molecule has 0 saturated carbocycles. The van der Waals surface area contributed by atoms with Crippen LogP contribution in [-0.2, 0) is 11.2 Å². The van der Waals surface area contributed by atoms with E-state index in [1.807, 2.05) is 0 Å². The van der Waals surface area contributed by atoms with Crippen molar-refractivity contribution in [3.05, 3.63) is 47.9 Å². The van der Waals surface area contributed by atoms with Crippen molar-refractivity contribution >= 4 is 17.9 Å². The molecule has 11 heteroatoms. The van der Waals surface area contributed by atoms with Gasteiger partial charge in [0.15, 0.2) is 0 Å². The van der Waals surface area contributed by atoms with Crippen molar-refractivity contribution in [2.24, 2.45) is 0 Å². The van der Waals surface area contributed by atoms with Crippen molar-refractivity contribution in [2.75, 3.05) is 26.0 Å². The second-order valence-electron chi connectivity index (χ2n) is 6.29. The Morgan fingerprint density at radius 2 is 1.90 bits per heavy atom. The normalized spacial score (nSPS) is 12.2. The second kappa shape index (κ2) is 9.22. The van der Waals surface area contributed by atoms with E-state index in [4.69, 9.17) is 4.74 Å². The summed E-state index contributed by atoms with van der Waals surface area (Å²) >= 11 is 0. The Bertz CT molecular complexity index is 857. The lowest BCUT2D eigenvalue weighted by molar-refractivity contribution is -0.138. The number of carbonyl (C=O) groups excluding carboxylic acids is 1. The number of amides is 1. The highest BCUT2D eigenvalue weighted by molar-refractivity contribution is 5.77. The van der Waals surface area contributed by atoms with Crippen molar-refractivity contribution in [2.45, 2.75) is 18.5 Å². The van der Waals surface area contributed by atoms with E-state index in [0.29, 0.717) is 5.56 Å². The molecule has 1 atom stereocenters. The molecule has 1 amide bonds. The summed E-state index contributed by atoms with van der Waals surface area (Å²) in [4.78, 5) is 31.8. The Hall–Kier alpha value is -3.37. The molecule has 8 nitrogen and oxygen atoms in total. The fourth-order valence-corrected chi connectivity index (χ4v) is 2.37. The lowest BCUT2D eigenvalue weighted by atomic mass is 9.99. The molecule has 0 aliphatic carbocycles. The molecule has 29 heavy (non-hydrogen) atoms. The first-order chi connectivity index (χ1) is 13.6. The summed E-state index contributed by atoms with van der Waals surface area (Å²) in [5.41, 5.74) is 0.191. The molecule has 1 aromatic carbocycles. The van der Waals surface area contributed by atoms with Crippen LogP contribution in [0.2, 0.25) is 0 Å². The largest absolute Gasteiger partial charge is 0.481 e. The number of halogens is 3. The first-order valence-corrected chi connectivity index (χ1v) is 8.38. The third-order valence-electron chi connectivity index (χ3n) is 3.80. The van der Waals surface area contributed by atoms with Gasteiger partial charge < -0.3 is 20.1 Å². The molecule has 1 aromatic heterocycles. The monoisotopic (exact) mass is 412 g/mol. The molecule has 0 radical (unpaired) electrons. The van der Waals surface area contributed by atoms with Gasteiger partial charge in [0.05, 0.1) is 12.3 Å². The summed E-state index contributed by atoms with van der Waals surface area (Å²) in [5.74, 6) is -2.10. The lowest BCUT2D eigenvalue weighted by Gasteiger charge is -2.17. The van der Waals surface area contributed by atoms with Crippen LogP contribution in [0.15, 0.2) is 36.8 Å². The first-order valence-electron chi connectivity index (χ1n) is 8.38. The highest BCUT2D eigenvalue weighted by atomic mass is 19.4. The molecule has 0 saturated heterocycles. The van der Waals surface area contributed by atoms with Crippen LogP contribution >= 0.6 is 0 Å².